The highest BCUT2D eigenvalue weighted by atomic mass is 79.9. The Labute approximate surface area is 129 Å². The van der Waals surface area contributed by atoms with Gasteiger partial charge in [-0.05, 0) is 37.6 Å². The van der Waals surface area contributed by atoms with E-state index in [1.54, 1.807) is 0 Å². The molecule has 1 amide bonds. The monoisotopic (exact) mass is 339 g/mol. The summed E-state index contributed by atoms with van der Waals surface area (Å²) in [4.78, 5) is 16.2. The van der Waals surface area contributed by atoms with Crippen molar-refractivity contribution in [3.63, 3.8) is 0 Å². The molecule has 1 aromatic rings. The van der Waals surface area contributed by atoms with E-state index in [4.69, 9.17) is 5.73 Å². The molecule has 1 unspecified atom stereocenters. The zero-order chi connectivity index (χ0) is 14.5. The van der Waals surface area contributed by atoms with Gasteiger partial charge in [-0.3, -0.25) is 9.69 Å². The topological polar surface area (TPSA) is 49.6 Å². The van der Waals surface area contributed by atoms with Gasteiger partial charge in [0.2, 0.25) is 5.91 Å². The van der Waals surface area contributed by atoms with E-state index >= 15 is 0 Å². The first kappa shape index (κ1) is 15.5. The summed E-state index contributed by atoms with van der Waals surface area (Å²) in [5, 5.41) is 0. The van der Waals surface area contributed by atoms with Crippen LogP contribution in [0.2, 0.25) is 0 Å². The number of rotatable bonds is 5. The second kappa shape index (κ2) is 7.20. The van der Waals surface area contributed by atoms with E-state index < -0.39 is 0 Å². The van der Waals surface area contributed by atoms with Gasteiger partial charge in [-0.15, -0.1) is 0 Å². The number of carbonyl (C=O) groups is 1. The lowest BCUT2D eigenvalue weighted by molar-refractivity contribution is -0.131. The van der Waals surface area contributed by atoms with Crippen molar-refractivity contribution in [1.82, 2.24) is 9.80 Å². The fourth-order valence-electron chi connectivity index (χ4n) is 2.67. The number of halogens is 1. The van der Waals surface area contributed by atoms with Crippen molar-refractivity contribution in [3.8, 4) is 0 Å². The molecule has 110 valence electrons. The lowest BCUT2D eigenvalue weighted by Gasteiger charge is -2.28. The van der Waals surface area contributed by atoms with Crippen molar-refractivity contribution in [3.05, 3.63) is 34.3 Å². The normalized spacial score (nSPS) is 16.7. The van der Waals surface area contributed by atoms with Gasteiger partial charge in [0, 0.05) is 30.1 Å². The standard InChI is InChI=1S/C15H22BrN3O/c1-18(11-15(20)19-7-2-3-8-19)14(10-17)12-5-4-6-13(16)9-12/h4-6,9,14H,2-3,7-8,10-11,17H2,1H3. The van der Waals surface area contributed by atoms with Gasteiger partial charge in [-0.1, -0.05) is 28.1 Å². The van der Waals surface area contributed by atoms with Gasteiger partial charge in [-0.2, -0.15) is 0 Å². The molecule has 1 saturated heterocycles. The Morgan fingerprint density at radius 3 is 2.75 bits per heavy atom. The molecular weight excluding hydrogens is 318 g/mol. The van der Waals surface area contributed by atoms with Gasteiger partial charge >= 0.3 is 0 Å². The van der Waals surface area contributed by atoms with Crippen LogP contribution in [0.5, 0.6) is 0 Å². The van der Waals surface area contributed by atoms with Crippen LogP contribution in [0.25, 0.3) is 0 Å². The Balaban J connectivity index is 2.01. The molecule has 1 atom stereocenters. The minimum absolute atomic E-state index is 0.0686. The van der Waals surface area contributed by atoms with Crippen LogP contribution < -0.4 is 5.73 Å². The minimum Gasteiger partial charge on any atom is -0.342 e. The molecule has 20 heavy (non-hydrogen) atoms. The third-order valence-electron chi connectivity index (χ3n) is 3.83. The maximum atomic E-state index is 12.2. The molecule has 2 rings (SSSR count). The highest BCUT2D eigenvalue weighted by Crippen LogP contribution is 2.22. The quantitative estimate of drug-likeness (QED) is 0.892. The highest BCUT2D eigenvalue weighted by molar-refractivity contribution is 9.10. The van der Waals surface area contributed by atoms with Gasteiger partial charge in [0.05, 0.1) is 6.54 Å². The molecule has 0 saturated carbocycles. The van der Waals surface area contributed by atoms with E-state index in [0.29, 0.717) is 13.1 Å². The molecular formula is C15H22BrN3O. The molecule has 1 aliphatic rings. The predicted molar refractivity (Wildman–Crippen MR) is 84.4 cm³/mol. The number of likely N-dealkylation sites (N-methyl/N-ethyl adjacent to an activating group) is 1. The maximum absolute atomic E-state index is 12.2. The van der Waals surface area contributed by atoms with Crippen molar-refractivity contribution in [2.45, 2.75) is 18.9 Å². The second-order valence-corrected chi connectivity index (χ2v) is 6.23. The Bertz CT molecular complexity index is 460. The van der Waals surface area contributed by atoms with Crippen LogP contribution in [0.4, 0.5) is 0 Å². The first-order valence-corrected chi connectivity index (χ1v) is 7.84. The maximum Gasteiger partial charge on any atom is 0.236 e. The molecule has 4 nitrogen and oxygen atoms in total. The SMILES string of the molecule is CN(CC(=O)N1CCCC1)C(CN)c1cccc(Br)c1. The Hall–Kier alpha value is -0.910. The lowest BCUT2D eigenvalue weighted by atomic mass is 10.1. The smallest absolute Gasteiger partial charge is 0.236 e. The number of carbonyl (C=O) groups excluding carboxylic acids is 1. The molecule has 5 heteroatoms. The number of nitrogens with two attached hydrogens (primary N) is 1. The van der Waals surface area contributed by atoms with E-state index in [1.165, 1.54) is 0 Å². The molecule has 1 aliphatic heterocycles. The zero-order valence-corrected chi connectivity index (χ0v) is 13.5. The van der Waals surface area contributed by atoms with E-state index in [2.05, 4.69) is 28.1 Å². The van der Waals surface area contributed by atoms with Gasteiger partial charge < -0.3 is 10.6 Å². The van der Waals surface area contributed by atoms with Crippen LogP contribution in [0.1, 0.15) is 24.4 Å². The summed E-state index contributed by atoms with van der Waals surface area (Å²) in [6.45, 7) is 2.72. The van der Waals surface area contributed by atoms with Crippen LogP contribution in [0, 0.1) is 0 Å². The van der Waals surface area contributed by atoms with Gasteiger partial charge in [0.1, 0.15) is 0 Å². The molecule has 1 fully saturated rings. The molecule has 2 N–H and O–H groups in total. The van der Waals surface area contributed by atoms with Crippen molar-refractivity contribution >= 4 is 21.8 Å². The Morgan fingerprint density at radius 2 is 2.15 bits per heavy atom. The third kappa shape index (κ3) is 3.81. The molecule has 0 spiro atoms. The molecule has 1 aromatic carbocycles. The molecule has 0 aromatic heterocycles. The largest absolute Gasteiger partial charge is 0.342 e. The van der Waals surface area contributed by atoms with Crippen LogP contribution in [0.15, 0.2) is 28.7 Å². The van der Waals surface area contributed by atoms with E-state index in [0.717, 1.165) is 36.0 Å². The summed E-state index contributed by atoms with van der Waals surface area (Å²) in [6, 6.07) is 8.18. The Morgan fingerprint density at radius 1 is 1.45 bits per heavy atom. The summed E-state index contributed by atoms with van der Waals surface area (Å²) < 4.78 is 1.03. The number of likely N-dealkylation sites (tertiary alicyclic amines) is 1. The fourth-order valence-corrected chi connectivity index (χ4v) is 3.09. The van der Waals surface area contributed by atoms with E-state index in [-0.39, 0.29) is 11.9 Å². The number of nitrogens with zero attached hydrogens (tertiary/aromatic N) is 2. The van der Waals surface area contributed by atoms with E-state index in [9.17, 15) is 4.79 Å². The minimum atomic E-state index is 0.0686. The summed E-state index contributed by atoms with van der Waals surface area (Å²) in [6.07, 6.45) is 2.25. The van der Waals surface area contributed by atoms with E-state index in [1.807, 2.05) is 29.0 Å². The fraction of sp³-hybridized carbons (Fsp3) is 0.533. The molecule has 1 heterocycles. The van der Waals surface area contributed by atoms with Crippen LogP contribution in [-0.2, 0) is 4.79 Å². The summed E-state index contributed by atoms with van der Waals surface area (Å²) in [5.74, 6) is 0.207. The third-order valence-corrected chi connectivity index (χ3v) is 4.33. The number of hydrogen-bond acceptors (Lipinski definition) is 3. The highest BCUT2D eigenvalue weighted by Gasteiger charge is 2.23. The first-order chi connectivity index (χ1) is 9.61. The van der Waals surface area contributed by atoms with Crippen LogP contribution in [0.3, 0.4) is 0 Å². The average Bonchev–Trinajstić information content (AvgIpc) is 2.93. The summed E-state index contributed by atoms with van der Waals surface area (Å²) in [7, 11) is 1.96. The number of hydrogen-bond donors (Lipinski definition) is 1. The molecule has 0 radical (unpaired) electrons. The zero-order valence-electron chi connectivity index (χ0n) is 11.9. The van der Waals surface area contributed by atoms with Crippen LogP contribution in [-0.4, -0.2) is 48.9 Å². The first-order valence-electron chi connectivity index (χ1n) is 7.05. The van der Waals surface area contributed by atoms with Crippen molar-refractivity contribution < 1.29 is 4.79 Å². The van der Waals surface area contributed by atoms with Gasteiger partial charge in [0.25, 0.3) is 0 Å². The second-order valence-electron chi connectivity index (χ2n) is 5.31. The summed E-state index contributed by atoms with van der Waals surface area (Å²) in [5.41, 5.74) is 7.04. The Kier molecular flexibility index (Phi) is 5.57. The molecule has 0 aliphatic carbocycles. The summed E-state index contributed by atoms with van der Waals surface area (Å²) >= 11 is 3.48. The van der Waals surface area contributed by atoms with Crippen LogP contribution >= 0.6 is 15.9 Å². The van der Waals surface area contributed by atoms with Crippen molar-refractivity contribution in [2.24, 2.45) is 5.73 Å². The number of benzene rings is 1. The average molecular weight is 340 g/mol. The van der Waals surface area contributed by atoms with Gasteiger partial charge in [0.15, 0.2) is 0 Å². The predicted octanol–water partition coefficient (Wildman–Crippen LogP) is 2.00. The van der Waals surface area contributed by atoms with Gasteiger partial charge in [-0.25, -0.2) is 0 Å². The molecule has 0 bridgehead atoms. The lowest BCUT2D eigenvalue weighted by Crippen LogP contribution is -2.40. The van der Waals surface area contributed by atoms with Crippen molar-refractivity contribution in [2.75, 3.05) is 33.2 Å². The van der Waals surface area contributed by atoms with Crippen molar-refractivity contribution in [1.29, 1.82) is 0 Å². The number of amides is 1.